The number of carboxylic acid groups (broad SMARTS) is 1. The highest BCUT2D eigenvalue weighted by atomic mass is 79.9. The summed E-state index contributed by atoms with van der Waals surface area (Å²) in [6.45, 7) is 0.240. The normalized spacial score (nSPS) is 17.1. The van der Waals surface area contributed by atoms with E-state index in [0.717, 1.165) is 11.0 Å². The van der Waals surface area contributed by atoms with E-state index < -0.39 is 38.8 Å². The van der Waals surface area contributed by atoms with E-state index in [2.05, 4.69) is 20.7 Å². The van der Waals surface area contributed by atoms with Gasteiger partial charge in [-0.3, -0.25) is 0 Å². The summed E-state index contributed by atoms with van der Waals surface area (Å²) >= 11 is 2.90. The van der Waals surface area contributed by atoms with Crippen LogP contribution < -0.4 is 4.72 Å². The first-order chi connectivity index (χ1) is 11.0. The van der Waals surface area contributed by atoms with Gasteiger partial charge >= 0.3 is 12.3 Å². The van der Waals surface area contributed by atoms with Crippen LogP contribution in [0.1, 0.15) is 18.4 Å². The van der Waals surface area contributed by atoms with Crippen molar-refractivity contribution in [2.75, 3.05) is 13.1 Å². The van der Waals surface area contributed by atoms with Gasteiger partial charge in [0.25, 0.3) is 0 Å². The Morgan fingerprint density at radius 3 is 2.38 bits per heavy atom. The number of rotatable bonds is 3. The number of hydrogen-bond acceptors (Lipinski definition) is 3. The fourth-order valence-electron chi connectivity index (χ4n) is 2.43. The van der Waals surface area contributed by atoms with Crippen LogP contribution in [0, 0.1) is 0 Å². The van der Waals surface area contributed by atoms with Crippen LogP contribution in [0.15, 0.2) is 27.6 Å². The van der Waals surface area contributed by atoms with Gasteiger partial charge in [0, 0.05) is 23.6 Å². The Labute approximate surface area is 144 Å². The molecule has 1 aromatic rings. The fraction of sp³-hybridized carbons (Fsp3) is 0.462. The summed E-state index contributed by atoms with van der Waals surface area (Å²) in [4.78, 5) is 11.1. The second-order valence-corrected chi connectivity index (χ2v) is 7.90. The minimum Gasteiger partial charge on any atom is -0.465 e. The van der Waals surface area contributed by atoms with Gasteiger partial charge in [-0.15, -0.1) is 0 Å². The van der Waals surface area contributed by atoms with Crippen LogP contribution in [0.4, 0.5) is 18.0 Å². The zero-order chi connectivity index (χ0) is 18.1. The topological polar surface area (TPSA) is 86.7 Å². The molecule has 1 aromatic carbocycles. The number of carbonyl (C=O) groups is 1. The molecule has 11 heteroatoms. The van der Waals surface area contributed by atoms with Crippen molar-refractivity contribution in [1.29, 1.82) is 0 Å². The molecule has 1 aliphatic heterocycles. The van der Waals surface area contributed by atoms with Gasteiger partial charge in [-0.05, 0) is 31.0 Å². The molecule has 0 bridgehead atoms. The maximum absolute atomic E-state index is 13.1. The third kappa shape index (κ3) is 4.39. The molecule has 1 saturated heterocycles. The first-order valence-corrected chi connectivity index (χ1v) is 9.15. The van der Waals surface area contributed by atoms with E-state index in [1.165, 1.54) is 6.07 Å². The van der Waals surface area contributed by atoms with Crippen LogP contribution >= 0.6 is 15.9 Å². The van der Waals surface area contributed by atoms with Gasteiger partial charge in [0.1, 0.15) is 0 Å². The lowest BCUT2D eigenvalue weighted by Crippen LogP contribution is -2.46. The van der Waals surface area contributed by atoms with Crippen LogP contribution in [-0.2, 0) is 16.2 Å². The molecule has 0 spiro atoms. The molecule has 0 atom stereocenters. The molecule has 134 valence electrons. The smallest absolute Gasteiger partial charge is 0.417 e. The molecule has 1 fully saturated rings. The van der Waals surface area contributed by atoms with Gasteiger partial charge in [-0.1, -0.05) is 15.9 Å². The SMILES string of the molecule is O=C(O)N1CCC(NS(=O)(=O)c2ccc(Br)cc2C(F)(F)F)CC1. The van der Waals surface area contributed by atoms with E-state index in [4.69, 9.17) is 5.11 Å². The molecule has 6 nitrogen and oxygen atoms in total. The Balaban J connectivity index is 2.22. The highest BCUT2D eigenvalue weighted by Gasteiger charge is 2.38. The number of halogens is 4. The summed E-state index contributed by atoms with van der Waals surface area (Å²) < 4.78 is 66.3. The van der Waals surface area contributed by atoms with Gasteiger partial charge < -0.3 is 10.0 Å². The van der Waals surface area contributed by atoms with Crippen molar-refractivity contribution in [2.24, 2.45) is 0 Å². The van der Waals surface area contributed by atoms with Crippen molar-refractivity contribution in [3.05, 3.63) is 28.2 Å². The number of hydrogen-bond donors (Lipinski definition) is 2. The van der Waals surface area contributed by atoms with Crippen molar-refractivity contribution in [3.63, 3.8) is 0 Å². The molecular formula is C13H14BrF3N2O4S. The second kappa shape index (κ2) is 6.89. The lowest BCUT2D eigenvalue weighted by atomic mass is 10.1. The zero-order valence-corrected chi connectivity index (χ0v) is 14.6. The average Bonchev–Trinajstić information content (AvgIpc) is 2.46. The molecule has 1 amide bonds. The lowest BCUT2D eigenvalue weighted by Gasteiger charge is -2.30. The van der Waals surface area contributed by atoms with E-state index in [9.17, 15) is 26.4 Å². The molecule has 1 aliphatic rings. The number of sulfonamides is 1. The number of likely N-dealkylation sites (tertiary alicyclic amines) is 1. The number of amides is 1. The average molecular weight is 431 g/mol. The van der Waals surface area contributed by atoms with Crippen LogP contribution in [0.2, 0.25) is 0 Å². The van der Waals surface area contributed by atoms with E-state index in [0.29, 0.717) is 6.07 Å². The van der Waals surface area contributed by atoms with Gasteiger partial charge in [-0.2, -0.15) is 13.2 Å². The molecule has 0 aromatic heterocycles. The Morgan fingerprint density at radius 2 is 1.88 bits per heavy atom. The van der Waals surface area contributed by atoms with Crippen LogP contribution in [0.25, 0.3) is 0 Å². The summed E-state index contributed by atoms with van der Waals surface area (Å²) in [6, 6.07) is 2.20. The van der Waals surface area contributed by atoms with Gasteiger partial charge in [0.2, 0.25) is 10.0 Å². The molecule has 2 rings (SSSR count). The summed E-state index contributed by atoms with van der Waals surface area (Å²) in [7, 11) is -4.38. The van der Waals surface area contributed by atoms with E-state index in [1.807, 2.05) is 0 Å². The molecule has 0 saturated carbocycles. The highest BCUT2D eigenvalue weighted by Crippen LogP contribution is 2.36. The van der Waals surface area contributed by atoms with Crippen molar-refractivity contribution in [2.45, 2.75) is 30.0 Å². The zero-order valence-electron chi connectivity index (χ0n) is 12.2. The third-order valence-corrected chi connectivity index (χ3v) is 5.70. The molecular weight excluding hydrogens is 417 g/mol. The van der Waals surface area contributed by atoms with E-state index in [-0.39, 0.29) is 30.4 Å². The Kier molecular flexibility index (Phi) is 5.45. The maximum atomic E-state index is 13.1. The Morgan fingerprint density at radius 1 is 1.29 bits per heavy atom. The number of nitrogens with one attached hydrogen (secondary N) is 1. The number of piperidine rings is 1. The molecule has 24 heavy (non-hydrogen) atoms. The minimum atomic E-state index is -4.82. The summed E-state index contributed by atoms with van der Waals surface area (Å²) in [6.07, 6.45) is -5.53. The molecule has 0 unspecified atom stereocenters. The Bertz CT molecular complexity index is 731. The minimum absolute atomic E-state index is 0.114. The largest absolute Gasteiger partial charge is 0.465 e. The van der Waals surface area contributed by atoms with Gasteiger partial charge in [0.05, 0.1) is 10.5 Å². The molecule has 0 radical (unpaired) electrons. The third-order valence-electron chi connectivity index (χ3n) is 3.62. The first kappa shape index (κ1) is 19.0. The van der Waals surface area contributed by atoms with E-state index in [1.54, 1.807) is 0 Å². The summed E-state index contributed by atoms with van der Waals surface area (Å²) in [5.41, 5.74) is -1.26. The standard InChI is InChI=1S/C13H14BrF3N2O4S/c14-8-1-2-11(10(7-8)13(15,16)17)24(22,23)18-9-3-5-19(6-4-9)12(20)21/h1-2,7,9,18H,3-6H2,(H,20,21). The van der Waals surface area contributed by atoms with Crippen LogP contribution in [0.3, 0.4) is 0 Å². The summed E-state index contributed by atoms with van der Waals surface area (Å²) in [5, 5.41) is 8.84. The van der Waals surface area contributed by atoms with Crippen molar-refractivity contribution in [3.8, 4) is 0 Å². The highest BCUT2D eigenvalue weighted by molar-refractivity contribution is 9.10. The molecule has 0 aliphatic carbocycles. The maximum Gasteiger partial charge on any atom is 0.417 e. The predicted octanol–water partition coefficient (Wildman–Crippen LogP) is 2.89. The van der Waals surface area contributed by atoms with Crippen LogP contribution in [0.5, 0.6) is 0 Å². The molecule has 1 heterocycles. The summed E-state index contributed by atoms with van der Waals surface area (Å²) in [5.74, 6) is 0. The monoisotopic (exact) mass is 430 g/mol. The second-order valence-electron chi connectivity index (χ2n) is 5.30. The first-order valence-electron chi connectivity index (χ1n) is 6.87. The number of nitrogens with zero attached hydrogens (tertiary/aromatic N) is 1. The van der Waals surface area contributed by atoms with Gasteiger partial charge in [0.15, 0.2) is 0 Å². The molecule has 2 N–H and O–H groups in total. The van der Waals surface area contributed by atoms with Crippen molar-refractivity contribution >= 4 is 32.0 Å². The number of alkyl halides is 3. The lowest BCUT2D eigenvalue weighted by molar-refractivity contribution is -0.139. The Hall–Kier alpha value is -1.33. The fourth-order valence-corrected chi connectivity index (χ4v) is 4.30. The number of benzene rings is 1. The van der Waals surface area contributed by atoms with Crippen LogP contribution in [-0.4, -0.2) is 43.6 Å². The van der Waals surface area contributed by atoms with E-state index >= 15 is 0 Å². The quantitative estimate of drug-likeness (QED) is 0.771. The van der Waals surface area contributed by atoms with Crippen molar-refractivity contribution < 1.29 is 31.5 Å². The van der Waals surface area contributed by atoms with Gasteiger partial charge in [-0.25, -0.2) is 17.9 Å². The predicted molar refractivity (Wildman–Crippen MR) is 82.1 cm³/mol. The van der Waals surface area contributed by atoms with Crippen molar-refractivity contribution in [1.82, 2.24) is 9.62 Å².